The third-order valence-electron chi connectivity index (χ3n) is 2.83. The summed E-state index contributed by atoms with van der Waals surface area (Å²) in [5.41, 5.74) is 6.27. The summed E-state index contributed by atoms with van der Waals surface area (Å²) in [6.45, 7) is 1.01. The van der Waals surface area contributed by atoms with Gasteiger partial charge in [0.2, 0.25) is 11.8 Å². The molecule has 2 amide bonds. The van der Waals surface area contributed by atoms with E-state index >= 15 is 0 Å². The second-order valence-corrected chi connectivity index (χ2v) is 4.06. The summed E-state index contributed by atoms with van der Waals surface area (Å²) in [5, 5.41) is 0. The Bertz CT molecular complexity index is 403. The number of carbonyl (C=O) groups excluding carboxylic acids is 2. The fraction of sp³-hybridized carbons (Fsp3) is 0.333. The molecule has 1 aromatic rings. The van der Waals surface area contributed by atoms with Crippen LogP contribution in [-0.4, -0.2) is 23.3 Å². The molecule has 0 aliphatic carbocycles. The largest absolute Gasteiger partial charge is 0.369 e. The quantitative estimate of drug-likeness (QED) is 0.804. The maximum atomic E-state index is 11.6. The Hall–Kier alpha value is -1.84. The maximum Gasteiger partial charge on any atom is 0.223 e. The van der Waals surface area contributed by atoms with Gasteiger partial charge in [0.1, 0.15) is 0 Å². The number of likely N-dealkylation sites (tertiary alicyclic amines) is 1. The highest BCUT2D eigenvalue weighted by molar-refractivity contribution is 5.88. The number of nitrogens with zero attached hydrogens (tertiary/aromatic N) is 1. The van der Waals surface area contributed by atoms with E-state index in [4.69, 9.17) is 5.73 Å². The normalized spacial score (nSPS) is 20.1. The van der Waals surface area contributed by atoms with Crippen molar-refractivity contribution in [2.75, 3.05) is 6.54 Å². The molecule has 0 spiro atoms. The van der Waals surface area contributed by atoms with Crippen LogP contribution in [-0.2, 0) is 16.1 Å². The van der Waals surface area contributed by atoms with Crippen LogP contribution in [0.5, 0.6) is 0 Å². The van der Waals surface area contributed by atoms with Gasteiger partial charge >= 0.3 is 0 Å². The van der Waals surface area contributed by atoms with E-state index in [2.05, 4.69) is 0 Å². The molecule has 2 rings (SSSR count). The molecule has 0 aromatic heterocycles. The molecule has 1 aliphatic heterocycles. The zero-order valence-corrected chi connectivity index (χ0v) is 8.93. The van der Waals surface area contributed by atoms with Crippen molar-refractivity contribution in [3.05, 3.63) is 35.9 Å². The van der Waals surface area contributed by atoms with Crippen molar-refractivity contribution in [1.29, 1.82) is 0 Å². The molecule has 4 heteroatoms. The third kappa shape index (κ3) is 2.21. The van der Waals surface area contributed by atoms with Gasteiger partial charge in [-0.15, -0.1) is 0 Å². The van der Waals surface area contributed by atoms with Crippen LogP contribution < -0.4 is 5.73 Å². The Labute approximate surface area is 94.0 Å². The molecule has 16 heavy (non-hydrogen) atoms. The van der Waals surface area contributed by atoms with E-state index in [9.17, 15) is 9.59 Å². The molecule has 0 saturated carbocycles. The number of nitrogens with two attached hydrogens (primary N) is 1. The summed E-state index contributed by atoms with van der Waals surface area (Å²) in [4.78, 5) is 24.3. The second-order valence-electron chi connectivity index (χ2n) is 4.06. The predicted molar refractivity (Wildman–Crippen MR) is 59.2 cm³/mol. The number of rotatable bonds is 3. The highest BCUT2D eigenvalue weighted by Gasteiger charge is 2.32. The minimum absolute atomic E-state index is 0.00709. The van der Waals surface area contributed by atoms with Gasteiger partial charge in [0.05, 0.1) is 5.92 Å². The lowest BCUT2D eigenvalue weighted by molar-refractivity contribution is -0.128. The van der Waals surface area contributed by atoms with Crippen LogP contribution >= 0.6 is 0 Å². The third-order valence-corrected chi connectivity index (χ3v) is 2.83. The topological polar surface area (TPSA) is 63.4 Å². The first-order valence-electron chi connectivity index (χ1n) is 5.28. The molecule has 0 bridgehead atoms. The average molecular weight is 218 g/mol. The highest BCUT2D eigenvalue weighted by Crippen LogP contribution is 2.19. The Morgan fingerprint density at radius 2 is 2.06 bits per heavy atom. The first kappa shape index (κ1) is 10.7. The lowest BCUT2D eigenvalue weighted by Gasteiger charge is -2.15. The molecular formula is C12H14N2O2. The zero-order chi connectivity index (χ0) is 11.5. The number of amides is 2. The Balaban J connectivity index is 2.02. The highest BCUT2D eigenvalue weighted by atomic mass is 16.2. The van der Waals surface area contributed by atoms with E-state index in [1.165, 1.54) is 0 Å². The van der Waals surface area contributed by atoms with Crippen LogP contribution in [0.2, 0.25) is 0 Å². The van der Waals surface area contributed by atoms with Crippen LogP contribution in [0, 0.1) is 5.92 Å². The molecule has 1 saturated heterocycles. The smallest absolute Gasteiger partial charge is 0.223 e. The van der Waals surface area contributed by atoms with Crippen molar-refractivity contribution in [2.45, 2.75) is 13.0 Å². The van der Waals surface area contributed by atoms with Crippen molar-refractivity contribution in [1.82, 2.24) is 4.90 Å². The molecule has 4 nitrogen and oxygen atoms in total. The number of hydrogen-bond donors (Lipinski definition) is 1. The van der Waals surface area contributed by atoms with Crippen LogP contribution in [0.15, 0.2) is 30.3 Å². The fourth-order valence-corrected chi connectivity index (χ4v) is 1.92. The van der Waals surface area contributed by atoms with Crippen LogP contribution in [0.4, 0.5) is 0 Å². The van der Waals surface area contributed by atoms with Crippen molar-refractivity contribution in [2.24, 2.45) is 11.7 Å². The SMILES string of the molecule is NC(=O)C1CC(=O)N(Cc2ccccc2)C1. The molecule has 84 valence electrons. The van der Waals surface area contributed by atoms with Gasteiger partial charge in [0.25, 0.3) is 0 Å². The molecule has 1 aliphatic rings. The maximum absolute atomic E-state index is 11.6. The van der Waals surface area contributed by atoms with E-state index in [0.29, 0.717) is 13.1 Å². The van der Waals surface area contributed by atoms with Gasteiger partial charge in [0, 0.05) is 19.5 Å². The summed E-state index contributed by atoms with van der Waals surface area (Å²) < 4.78 is 0. The van der Waals surface area contributed by atoms with Crippen molar-refractivity contribution in [3.8, 4) is 0 Å². The minimum atomic E-state index is -0.385. The van der Waals surface area contributed by atoms with Gasteiger partial charge in [-0.25, -0.2) is 0 Å². The summed E-state index contributed by atoms with van der Waals surface area (Å²) in [5.74, 6) is -0.701. The summed E-state index contributed by atoms with van der Waals surface area (Å²) in [7, 11) is 0. The number of carbonyl (C=O) groups is 2. The molecular weight excluding hydrogens is 204 g/mol. The van der Waals surface area contributed by atoms with Crippen LogP contribution in [0.1, 0.15) is 12.0 Å². The minimum Gasteiger partial charge on any atom is -0.369 e. The van der Waals surface area contributed by atoms with Gasteiger partial charge < -0.3 is 10.6 Å². The molecule has 2 N–H and O–H groups in total. The first-order chi connectivity index (χ1) is 7.66. The summed E-state index contributed by atoms with van der Waals surface area (Å²) >= 11 is 0. The number of primary amides is 1. The van der Waals surface area contributed by atoms with E-state index in [1.807, 2.05) is 30.3 Å². The lowest BCUT2D eigenvalue weighted by atomic mass is 10.1. The molecule has 1 unspecified atom stereocenters. The van der Waals surface area contributed by atoms with Crippen molar-refractivity contribution in [3.63, 3.8) is 0 Å². The standard InChI is InChI=1S/C12H14N2O2/c13-12(16)10-6-11(15)14(8-10)7-9-4-2-1-3-5-9/h1-5,10H,6-8H2,(H2,13,16). The molecule has 1 atom stereocenters. The van der Waals surface area contributed by atoms with Crippen molar-refractivity contribution >= 4 is 11.8 Å². The van der Waals surface area contributed by atoms with Gasteiger partial charge in [-0.3, -0.25) is 9.59 Å². The van der Waals surface area contributed by atoms with Gasteiger partial charge in [-0.2, -0.15) is 0 Å². The van der Waals surface area contributed by atoms with Crippen molar-refractivity contribution < 1.29 is 9.59 Å². The Kier molecular flexibility index (Phi) is 2.90. The lowest BCUT2D eigenvalue weighted by Crippen LogP contribution is -2.28. The van der Waals surface area contributed by atoms with Crippen LogP contribution in [0.3, 0.4) is 0 Å². The Morgan fingerprint density at radius 3 is 2.62 bits per heavy atom. The molecule has 1 aromatic carbocycles. The molecule has 1 heterocycles. The second kappa shape index (κ2) is 4.35. The van der Waals surface area contributed by atoms with E-state index in [0.717, 1.165) is 5.56 Å². The molecule has 0 radical (unpaired) electrons. The van der Waals surface area contributed by atoms with E-state index in [1.54, 1.807) is 4.90 Å². The van der Waals surface area contributed by atoms with Gasteiger partial charge in [0.15, 0.2) is 0 Å². The van der Waals surface area contributed by atoms with Gasteiger partial charge in [-0.1, -0.05) is 30.3 Å². The fourth-order valence-electron chi connectivity index (χ4n) is 1.92. The van der Waals surface area contributed by atoms with E-state index < -0.39 is 0 Å². The monoisotopic (exact) mass is 218 g/mol. The average Bonchev–Trinajstić information content (AvgIpc) is 2.62. The predicted octanol–water partition coefficient (Wildman–Crippen LogP) is 0.520. The van der Waals surface area contributed by atoms with E-state index in [-0.39, 0.29) is 24.2 Å². The first-order valence-corrected chi connectivity index (χ1v) is 5.28. The number of benzene rings is 1. The molecule has 1 fully saturated rings. The number of hydrogen-bond acceptors (Lipinski definition) is 2. The summed E-state index contributed by atoms with van der Waals surface area (Å²) in [6.07, 6.45) is 0.252. The van der Waals surface area contributed by atoms with Gasteiger partial charge in [-0.05, 0) is 5.56 Å². The zero-order valence-electron chi connectivity index (χ0n) is 8.93. The Morgan fingerprint density at radius 1 is 1.38 bits per heavy atom. The summed E-state index contributed by atoms with van der Waals surface area (Å²) in [6, 6.07) is 9.72. The van der Waals surface area contributed by atoms with Crippen LogP contribution in [0.25, 0.3) is 0 Å².